The van der Waals surface area contributed by atoms with Crippen LogP contribution in [0.2, 0.25) is 0 Å². The van der Waals surface area contributed by atoms with Crippen molar-refractivity contribution in [2.75, 3.05) is 5.32 Å². The van der Waals surface area contributed by atoms with Crippen LogP contribution < -0.4 is 15.2 Å². The molecule has 2 aromatic heterocycles. The van der Waals surface area contributed by atoms with Crippen LogP contribution in [0.4, 0.5) is 16.0 Å². The zero-order valence-electron chi connectivity index (χ0n) is 19.7. The molecule has 2 heterocycles. The number of nitrogens with two attached hydrogens (primary N) is 1. The van der Waals surface area contributed by atoms with Gasteiger partial charge >= 0.3 is 6.01 Å². The highest BCUT2D eigenvalue weighted by Gasteiger charge is 2.44. The van der Waals surface area contributed by atoms with Gasteiger partial charge in [-0.05, 0) is 80.7 Å². The van der Waals surface area contributed by atoms with Gasteiger partial charge in [0.2, 0.25) is 5.95 Å². The predicted octanol–water partition coefficient (Wildman–Crippen LogP) is 5.26. The number of ether oxygens (including phenoxy) is 1. The number of halogens is 1. The third kappa shape index (κ3) is 4.61. The maximum absolute atomic E-state index is 14.2. The first kappa shape index (κ1) is 23.0. The first-order valence-electron chi connectivity index (χ1n) is 11.7. The van der Waals surface area contributed by atoms with Gasteiger partial charge in [0, 0.05) is 28.7 Å². The molecule has 2 aliphatic carbocycles. The maximum Gasteiger partial charge on any atom is 0.317 e. The topological polar surface area (TPSA) is 104 Å². The van der Waals surface area contributed by atoms with Crippen molar-refractivity contribution in [1.29, 1.82) is 0 Å². The summed E-state index contributed by atoms with van der Waals surface area (Å²) in [4.78, 5) is 9.46. The smallest absolute Gasteiger partial charge is 0.317 e. The Kier molecular flexibility index (Phi) is 6.20. The van der Waals surface area contributed by atoms with Crippen molar-refractivity contribution in [1.82, 2.24) is 24.7 Å². The van der Waals surface area contributed by atoms with Gasteiger partial charge in [-0.3, -0.25) is 9.71 Å². The quantitative estimate of drug-likeness (QED) is 0.418. The third-order valence-electron chi connectivity index (χ3n) is 6.81. The summed E-state index contributed by atoms with van der Waals surface area (Å²) in [5.74, 6) is 1.57. The van der Waals surface area contributed by atoms with Crippen molar-refractivity contribution in [3.8, 4) is 6.01 Å². The van der Waals surface area contributed by atoms with Crippen LogP contribution in [-0.4, -0.2) is 30.8 Å². The van der Waals surface area contributed by atoms with Gasteiger partial charge in [-0.2, -0.15) is 0 Å². The summed E-state index contributed by atoms with van der Waals surface area (Å²) in [5.41, 5.74) is 1.45. The highest BCUT2D eigenvalue weighted by atomic mass is 32.2. The average molecular weight is 484 g/mol. The number of benzene rings is 1. The summed E-state index contributed by atoms with van der Waals surface area (Å²) in [7, 11) is 0. The average Bonchev–Trinajstić information content (AvgIpc) is 3.22. The van der Waals surface area contributed by atoms with Crippen molar-refractivity contribution >= 4 is 23.6 Å². The number of hydrogen-bond acceptors (Lipinski definition) is 8. The number of hydrogen-bond donors (Lipinski definition) is 2. The second-order valence-electron chi connectivity index (χ2n) is 9.80. The molecule has 5 rings (SSSR count). The van der Waals surface area contributed by atoms with Crippen molar-refractivity contribution in [3.63, 3.8) is 0 Å². The second-order valence-corrected chi connectivity index (χ2v) is 10.5. The lowest BCUT2D eigenvalue weighted by Gasteiger charge is -2.20. The number of anilines is 2. The molecular formula is C24H30FN7OS. The molecule has 2 atom stereocenters. The molecular weight excluding hydrogens is 453 g/mol. The standard InChI is InChI=1S/C24H30FN7OS/c1-14(2)21-30-31-23(32(21)24(3)8-9-24)33-17-5-4-15(10-17)16-12-27-22(28-13-16)29-20-7-6-18(34-26)11-19(20)25/h6-7,11-15,17H,4-5,8-10,26H2,1-3H3,(H,27,28,29). The first-order valence-corrected chi connectivity index (χ1v) is 12.6. The molecule has 3 aromatic rings. The molecule has 0 radical (unpaired) electrons. The Balaban J connectivity index is 1.23. The Morgan fingerprint density at radius 2 is 1.97 bits per heavy atom. The van der Waals surface area contributed by atoms with Crippen LogP contribution in [0.3, 0.4) is 0 Å². The molecule has 180 valence electrons. The minimum atomic E-state index is -0.396. The van der Waals surface area contributed by atoms with E-state index in [1.54, 1.807) is 12.1 Å². The lowest BCUT2D eigenvalue weighted by Crippen LogP contribution is -2.22. The molecule has 2 saturated carbocycles. The van der Waals surface area contributed by atoms with Crippen LogP contribution in [-0.2, 0) is 5.54 Å². The first-order chi connectivity index (χ1) is 16.4. The van der Waals surface area contributed by atoms with Crippen LogP contribution in [0.1, 0.15) is 76.1 Å². The SMILES string of the molecule is CC(C)c1nnc(OC2CCC(c3cnc(Nc4ccc(SN)cc4F)nc3)C2)n1C1(C)CC1. The summed E-state index contributed by atoms with van der Waals surface area (Å²) >= 11 is 1.00. The van der Waals surface area contributed by atoms with E-state index < -0.39 is 5.82 Å². The summed E-state index contributed by atoms with van der Waals surface area (Å²) in [5, 5.41) is 17.2. The molecule has 0 bridgehead atoms. The number of aromatic nitrogens is 5. The monoisotopic (exact) mass is 483 g/mol. The number of nitrogens with one attached hydrogen (secondary N) is 1. The fourth-order valence-corrected chi connectivity index (χ4v) is 4.86. The van der Waals surface area contributed by atoms with Crippen LogP contribution >= 0.6 is 11.9 Å². The highest BCUT2D eigenvalue weighted by Crippen LogP contribution is 2.47. The van der Waals surface area contributed by atoms with Gasteiger partial charge in [-0.1, -0.05) is 18.9 Å². The van der Waals surface area contributed by atoms with Gasteiger partial charge in [0.15, 0.2) is 0 Å². The van der Waals surface area contributed by atoms with Crippen LogP contribution in [0.5, 0.6) is 6.01 Å². The minimum absolute atomic E-state index is 0.0794. The Bertz CT molecular complexity index is 1160. The fourth-order valence-electron chi connectivity index (χ4n) is 4.55. The molecule has 3 N–H and O–H groups in total. The molecule has 0 spiro atoms. The van der Waals surface area contributed by atoms with E-state index in [1.807, 2.05) is 12.4 Å². The van der Waals surface area contributed by atoms with Gasteiger partial charge in [0.25, 0.3) is 0 Å². The Labute approximate surface area is 203 Å². The van der Waals surface area contributed by atoms with Gasteiger partial charge in [-0.15, -0.1) is 5.10 Å². The molecule has 2 fully saturated rings. The van der Waals surface area contributed by atoms with E-state index in [9.17, 15) is 4.39 Å². The molecule has 8 nitrogen and oxygen atoms in total. The highest BCUT2D eigenvalue weighted by molar-refractivity contribution is 7.97. The summed E-state index contributed by atoms with van der Waals surface area (Å²) in [6.45, 7) is 6.53. The van der Waals surface area contributed by atoms with E-state index in [4.69, 9.17) is 9.88 Å². The lowest BCUT2D eigenvalue weighted by molar-refractivity contribution is 0.174. The van der Waals surface area contributed by atoms with Crippen molar-refractivity contribution in [2.45, 2.75) is 81.2 Å². The molecule has 2 unspecified atom stereocenters. The largest absolute Gasteiger partial charge is 0.460 e. The number of rotatable bonds is 8. The van der Waals surface area contributed by atoms with E-state index in [2.05, 4.69) is 50.8 Å². The normalized spacial score (nSPS) is 21.1. The summed E-state index contributed by atoms with van der Waals surface area (Å²) in [6.07, 6.45) is 8.80. The van der Waals surface area contributed by atoms with Gasteiger partial charge in [0.05, 0.1) is 5.69 Å². The van der Waals surface area contributed by atoms with Crippen LogP contribution in [0.15, 0.2) is 35.5 Å². The van der Waals surface area contributed by atoms with Crippen molar-refractivity contribution in [2.24, 2.45) is 5.14 Å². The fraction of sp³-hybridized carbons (Fsp3) is 0.500. The minimum Gasteiger partial charge on any atom is -0.460 e. The Morgan fingerprint density at radius 1 is 1.21 bits per heavy atom. The van der Waals surface area contributed by atoms with E-state index in [0.29, 0.717) is 34.4 Å². The lowest BCUT2D eigenvalue weighted by atomic mass is 10.0. The maximum atomic E-state index is 14.2. The molecule has 0 amide bonds. The van der Waals surface area contributed by atoms with Gasteiger partial charge in [-0.25, -0.2) is 14.4 Å². The van der Waals surface area contributed by atoms with Gasteiger partial charge in [0.1, 0.15) is 17.7 Å². The second kappa shape index (κ2) is 9.14. The van der Waals surface area contributed by atoms with Crippen molar-refractivity contribution in [3.05, 3.63) is 47.8 Å². The predicted molar refractivity (Wildman–Crippen MR) is 130 cm³/mol. The Hall–Kier alpha value is -2.72. The van der Waals surface area contributed by atoms with E-state index in [-0.39, 0.29) is 11.6 Å². The van der Waals surface area contributed by atoms with Gasteiger partial charge < -0.3 is 10.1 Å². The van der Waals surface area contributed by atoms with E-state index in [0.717, 1.165) is 55.4 Å². The number of nitrogens with zero attached hydrogens (tertiary/aromatic N) is 5. The molecule has 10 heteroatoms. The zero-order valence-corrected chi connectivity index (χ0v) is 20.5. The Morgan fingerprint density at radius 3 is 2.62 bits per heavy atom. The van der Waals surface area contributed by atoms with Crippen LogP contribution in [0, 0.1) is 5.82 Å². The summed E-state index contributed by atoms with van der Waals surface area (Å²) < 4.78 is 22.8. The zero-order chi connectivity index (χ0) is 23.9. The van der Waals surface area contributed by atoms with E-state index >= 15 is 0 Å². The molecule has 0 aliphatic heterocycles. The van der Waals surface area contributed by atoms with E-state index in [1.165, 1.54) is 6.07 Å². The summed E-state index contributed by atoms with van der Waals surface area (Å²) in [6, 6.07) is 5.41. The van der Waals surface area contributed by atoms with Crippen LogP contribution in [0.25, 0.3) is 0 Å². The van der Waals surface area contributed by atoms with Crippen molar-refractivity contribution < 1.29 is 9.13 Å². The molecule has 2 aliphatic rings. The molecule has 34 heavy (non-hydrogen) atoms. The molecule has 1 aromatic carbocycles. The third-order valence-corrected chi connectivity index (χ3v) is 7.34. The molecule has 0 saturated heterocycles.